The average molecular weight is 598 g/mol. The summed E-state index contributed by atoms with van der Waals surface area (Å²) in [5, 5.41) is 6.56. The molecular formula is C36H30FN6O2. The molecule has 4 aromatic carbocycles. The van der Waals surface area contributed by atoms with Crippen molar-refractivity contribution in [3.05, 3.63) is 163 Å². The van der Waals surface area contributed by atoms with Crippen molar-refractivity contribution in [1.29, 1.82) is 0 Å². The second-order valence-electron chi connectivity index (χ2n) is 10.8. The number of hydrogen-bond acceptors (Lipinski definition) is 6. The smallest absolute Gasteiger partial charge is 0.256 e. The van der Waals surface area contributed by atoms with Gasteiger partial charge >= 0.3 is 0 Å². The number of nitrogens with zero attached hydrogens (tertiary/aromatic N) is 4. The lowest BCUT2D eigenvalue weighted by Gasteiger charge is -2.38. The molecule has 2 N–H and O–H groups in total. The summed E-state index contributed by atoms with van der Waals surface area (Å²) in [6.07, 6.45) is 1.38. The molecule has 0 saturated carbocycles. The Morgan fingerprint density at radius 2 is 1.33 bits per heavy atom. The van der Waals surface area contributed by atoms with Gasteiger partial charge in [-0.1, -0.05) is 109 Å². The zero-order chi connectivity index (χ0) is 30.6. The Morgan fingerprint density at radius 1 is 0.778 bits per heavy atom. The highest BCUT2D eigenvalue weighted by Crippen LogP contribution is 2.38. The number of ether oxygens (including phenoxy) is 1. The maximum atomic E-state index is 15.7. The van der Waals surface area contributed by atoms with Crippen LogP contribution in [0.4, 0.5) is 10.2 Å². The van der Waals surface area contributed by atoms with E-state index in [9.17, 15) is 4.79 Å². The maximum Gasteiger partial charge on any atom is 0.256 e. The van der Waals surface area contributed by atoms with Crippen molar-refractivity contribution < 1.29 is 13.9 Å². The molecular weight excluding hydrogens is 567 g/mol. The van der Waals surface area contributed by atoms with Crippen molar-refractivity contribution in [3.8, 4) is 0 Å². The molecule has 0 aliphatic carbocycles. The highest BCUT2D eigenvalue weighted by Gasteiger charge is 2.41. The molecule has 9 heteroatoms. The summed E-state index contributed by atoms with van der Waals surface area (Å²) < 4.78 is 23.5. The molecule has 1 aliphatic heterocycles. The van der Waals surface area contributed by atoms with Gasteiger partial charge in [-0.2, -0.15) is 0 Å². The molecule has 1 fully saturated rings. The number of carbonyl (C=O) groups is 1. The topological polar surface area (TPSA) is 94.0 Å². The summed E-state index contributed by atoms with van der Waals surface area (Å²) in [5.74, 6) is -0.0922. The average Bonchev–Trinajstić information content (AvgIpc) is 3.70. The van der Waals surface area contributed by atoms with Crippen LogP contribution in [0.2, 0.25) is 0 Å². The maximum absolute atomic E-state index is 15.7. The molecule has 6 aromatic rings. The van der Waals surface area contributed by atoms with Crippen LogP contribution >= 0.6 is 0 Å². The predicted molar refractivity (Wildman–Crippen MR) is 170 cm³/mol. The third-order valence-corrected chi connectivity index (χ3v) is 8.07. The van der Waals surface area contributed by atoms with Crippen LogP contribution < -0.4 is 10.6 Å². The molecule has 0 spiro atoms. The number of carbonyl (C=O) groups excluding carboxylic acids is 1. The largest absolute Gasteiger partial charge is 0.350 e. The van der Waals surface area contributed by atoms with Crippen LogP contribution in [0.1, 0.15) is 33.3 Å². The summed E-state index contributed by atoms with van der Waals surface area (Å²) in [5.41, 5.74) is 3.62. The van der Waals surface area contributed by atoms with E-state index in [1.807, 2.05) is 60.7 Å². The van der Waals surface area contributed by atoms with Gasteiger partial charge in [0, 0.05) is 18.5 Å². The van der Waals surface area contributed by atoms with Crippen LogP contribution in [0.15, 0.2) is 134 Å². The highest BCUT2D eigenvalue weighted by molar-refractivity contribution is 6.06. The molecule has 223 valence electrons. The van der Waals surface area contributed by atoms with Crippen LogP contribution in [-0.2, 0) is 10.3 Å². The number of amides is 1. The first-order valence-corrected chi connectivity index (χ1v) is 14.7. The summed E-state index contributed by atoms with van der Waals surface area (Å²) in [6, 6.07) is 39.5. The minimum absolute atomic E-state index is 0.238. The lowest BCUT2D eigenvalue weighted by Crippen LogP contribution is -2.47. The molecule has 7 rings (SSSR count). The Hall–Kier alpha value is -5.25. The van der Waals surface area contributed by atoms with Crippen molar-refractivity contribution in [1.82, 2.24) is 24.8 Å². The van der Waals surface area contributed by atoms with Crippen LogP contribution in [0.3, 0.4) is 0 Å². The second kappa shape index (κ2) is 12.4. The van der Waals surface area contributed by atoms with Crippen molar-refractivity contribution in [2.75, 3.05) is 11.9 Å². The fraction of sp³-hybridized carbons (Fsp3) is 0.139. The highest BCUT2D eigenvalue weighted by atomic mass is 19.1. The van der Waals surface area contributed by atoms with Crippen molar-refractivity contribution in [2.45, 2.75) is 24.0 Å². The molecule has 45 heavy (non-hydrogen) atoms. The Morgan fingerprint density at radius 3 is 1.91 bits per heavy atom. The van der Waals surface area contributed by atoms with E-state index < -0.39 is 24.0 Å². The van der Waals surface area contributed by atoms with Gasteiger partial charge in [-0.05, 0) is 28.8 Å². The van der Waals surface area contributed by atoms with Gasteiger partial charge in [-0.3, -0.25) is 14.7 Å². The van der Waals surface area contributed by atoms with Gasteiger partial charge in [-0.25, -0.2) is 19.3 Å². The van der Waals surface area contributed by atoms with Gasteiger partial charge < -0.3 is 10.1 Å². The first-order chi connectivity index (χ1) is 22.1. The molecule has 1 saturated heterocycles. The number of hydrogen-bond donors (Lipinski definition) is 2. The minimum Gasteiger partial charge on any atom is -0.350 e. The van der Waals surface area contributed by atoms with Gasteiger partial charge in [0.15, 0.2) is 29.4 Å². The third kappa shape index (κ3) is 5.48. The SMILES string of the molecule is O=C(Nc1ncnc2c1ncn2[C@@H]1O[C@@H](CNC(c2ccccc2)(c2ccccc2)c2ccccc2)[CH][C@H]1F)c1ccccc1. The number of fused-ring (bicyclic) bond motifs is 1. The van der Waals surface area contributed by atoms with Gasteiger partial charge in [0.05, 0.1) is 18.0 Å². The summed E-state index contributed by atoms with van der Waals surface area (Å²) in [4.78, 5) is 25.8. The normalized spacial score (nSPS) is 18.2. The van der Waals surface area contributed by atoms with E-state index in [-0.39, 0.29) is 11.7 Å². The molecule has 1 amide bonds. The number of anilines is 1. The lowest BCUT2D eigenvalue weighted by molar-refractivity contribution is -0.0160. The standard InChI is InChI=1S/C36H30FN6O2/c37-30-21-29(22-41-36(26-15-7-2-8-16-26,27-17-9-3-10-18-27)28-19-11-4-12-20-28)45-35(30)43-24-40-31-32(38-23-39-33(31)43)42-34(44)25-13-5-1-6-14-25/h1-21,23-24,29-30,35,41H,22H2,(H,38,39,42,44)/t29-,30-,35-/m1/s1. The second-order valence-corrected chi connectivity index (χ2v) is 10.8. The van der Waals surface area contributed by atoms with Gasteiger partial charge in [-0.15, -0.1) is 0 Å². The molecule has 0 bridgehead atoms. The number of benzene rings is 4. The van der Waals surface area contributed by atoms with E-state index in [4.69, 9.17) is 4.74 Å². The van der Waals surface area contributed by atoms with E-state index in [0.717, 1.165) is 16.7 Å². The zero-order valence-corrected chi connectivity index (χ0v) is 24.2. The number of imidazole rings is 1. The molecule has 2 aromatic heterocycles. The fourth-order valence-electron chi connectivity index (χ4n) is 5.96. The van der Waals surface area contributed by atoms with Gasteiger partial charge in [0.25, 0.3) is 5.91 Å². The van der Waals surface area contributed by atoms with E-state index in [1.165, 1.54) is 12.7 Å². The van der Waals surface area contributed by atoms with Crippen LogP contribution in [0.5, 0.6) is 0 Å². The van der Waals surface area contributed by atoms with E-state index in [0.29, 0.717) is 23.3 Å². The Balaban J connectivity index is 1.16. The Bertz CT molecular complexity index is 1790. The first kappa shape index (κ1) is 28.5. The Kier molecular flexibility index (Phi) is 7.85. The molecule has 1 radical (unpaired) electrons. The van der Waals surface area contributed by atoms with Crippen molar-refractivity contribution >= 4 is 22.9 Å². The summed E-state index contributed by atoms with van der Waals surface area (Å²) in [7, 11) is 0. The van der Waals surface area contributed by atoms with Crippen LogP contribution in [-0.4, -0.2) is 44.2 Å². The number of alkyl halides is 1. The van der Waals surface area contributed by atoms with E-state index in [1.54, 1.807) is 35.3 Å². The number of rotatable bonds is 9. The summed E-state index contributed by atoms with van der Waals surface area (Å²) in [6.45, 7) is 0.329. The van der Waals surface area contributed by atoms with Crippen molar-refractivity contribution in [2.24, 2.45) is 0 Å². The Labute approximate surface area is 260 Å². The van der Waals surface area contributed by atoms with Crippen LogP contribution in [0, 0.1) is 6.42 Å². The van der Waals surface area contributed by atoms with E-state index >= 15 is 4.39 Å². The predicted octanol–water partition coefficient (Wildman–Crippen LogP) is 6.10. The molecule has 3 atom stereocenters. The fourth-order valence-corrected chi connectivity index (χ4v) is 5.96. The van der Waals surface area contributed by atoms with Gasteiger partial charge in [0.2, 0.25) is 0 Å². The first-order valence-electron chi connectivity index (χ1n) is 14.7. The van der Waals surface area contributed by atoms with E-state index in [2.05, 4.69) is 62.0 Å². The molecule has 0 unspecified atom stereocenters. The van der Waals surface area contributed by atoms with Crippen molar-refractivity contribution in [3.63, 3.8) is 0 Å². The summed E-state index contributed by atoms with van der Waals surface area (Å²) >= 11 is 0. The number of aromatic nitrogens is 4. The minimum atomic E-state index is -1.42. The third-order valence-electron chi connectivity index (χ3n) is 8.07. The molecule has 1 aliphatic rings. The lowest BCUT2D eigenvalue weighted by atomic mass is 9.77. The van der Waals surface area contributed by atoms with Crippen LogP contribution in [0.25, 0.3) is 11.2 Å². The monoisotopic (exact) mass is 597 g/mol. The van der Waals surface area contributed by atoms with Gasteiger partial charge in [0.1, 0.15) is 6.33 Å². The quantitative estimate of drug-likeness (QED) is 0.196. The zero-order valence-electron chi connectivity index (χ0n) is 24.2. The number of halogens is 1. The molecule has 8 nitrogen and oxygen atoms in total. The molecule has 3 heterocycles. The number of nitrogens with one attached hydrogen (secondary N) is 2.